The van der Waals surface area contributed by atoms with Crippen LogP contribution in [0.1, 0.15) is 33.6 Å². The van der Waals surface area contributed by atoms with Crippen molar-refractivity contribution in [2.75, 3.05) is 5.88 Å². The smallest absolute Gasteiger partial charge is 0.0404 e. The molecule has 0 heterocycles. The van der Waals surface area contributed by atoms with E-state index in [1.807, 2.05) is 6.08 Å². The lowest BCUT2D eigenvalue weighted by Crippen LogP contribution is -2.02. The molecule has 0 rings (SSSR count). The number of hydrogen-bond donors (Lipinski definition) is 0. The van der Waals surface area contributed by atoms with Crippen molar-refractivity contribution in [3.05, 3.63) is 12.2 Å². The minimum absolute atomic E-state index is 0.455. The normalized spacial score (nSPS) is 12.8. The molecule has 0 aromatic rings. The molecular formula is C9H17Cl. The van der Waals surface area contributed by atoms with Gasteiger partial charge in [0.1, 0.15) is 0 Å². The van der Waals surface area contributed by atoms with Gasteiger partial charge in [-0.25, -0.2) is 0 Å². The summed E-state index contributed by atoms with van der Waals surface area (Å²) in [6.07, 6.45) is 6.54. The van der Waals surface area contributed by atoms with Gasteiger partial charge in [0.15, 0.2) is 0 Å². The van der Waals surface area contributed by atoms with Crippen molar-refractivity contribution in [3.63, 3.8) is 0 Å². The third-order valence-corrected chi connectivity index (χ3v) is 1.49. The van der Waals surface area contributed by atoms with Gasteiger partial charge in [0.05, 0.1) is 0 Å². The van der Waals surface area contributed by atoms with Gasteiger partial charge in [-0.15, -0.1) is 11.6 Å². The minimum Gasteiger partial charge on any atom is -0.122 e. The SMILES string of the molecule is CC(C)(C)CCC=CCCl. The summed E-state index contributed by atoms with van der Waals surface area (Å²) >= 11 is 5.46. The van der Waals surface area contributed by atoms with E-state index in [9.17, 15) is 0 Å². The molecule has 0 aromatic carbocycles. The van der Waals surface area contributed by atoms with Crippen LogP contribution in [0.3, 0.4) is 0 Å². The molecule has 0 aromatic heterocycles. The van der Waals surface area contributed by atoms with E-state index in [2.05, 4.69) is 26.8 Å². The quantitative estimate of drug-likeness (QED) is 0.437. The van der Waals surface area contributed by atoms with Gasteiger partial charge in [-0.1, -0.05) is 32.9 Å². The second-order valence-electron chi connectivity index (χ2n) is 3.73. The van der Waals surface area contributed by atoms with Gasteiger partial charge in [0.25, 0.3) is 0 Å². The minimum atomic E-state index is 0.455. The highest BCUT2D eigenvalue weighted by Gasteiger charge is 2.07. The van der Waals surface area contributed by atoms with Gasteiger partial charge in [-0.05, 0) is 18.3 Å². The standard InChI is InChI=1S/C9H17Cl/c1-9(2,3)7-5-4-6-8-10/h4,6H,5,7-8H2,1-3H3. The Morgan fingerprint density at radius 2 is 1.80 bits per heavy atom. The molecule has 0 fully saturated rings. The van der Waals surface area contributed by atoms with Crippen LogP contribution in [0, 0.1) is 5.41 Å². The molecule has 0 saturated heterocycles. The van der Waals surface area contributed by atoms with Crippen LogP contribution in [-0.2, 0) is 0 Å². The molecule has 0 N–H and O–H groups in total. The molecular weight excluding hydrogens is 144 g/mol. The molecule has 60 valence electrons. The maximum Gasteiger partial charge on any atom is 0.0404 e. The van der Waals surface area contributed by atoms with Crippen molar-refractivity contribution < 1.29 is 0 Å². The summed E-state index contributed by atoms with van der Waals surface area (Å²) in [6.45, 7) is 6.75. The Hall–Kier alpha value is 0.0300. The predicted octanol–water partition coefficient (Wildman–Crippen LogP) is 3.61. The Labute approximate surface area is 69.3 Å². The molecule has 0 unspecified atom stereocenters. The Balaban J connectivity index is 3.28. The molecule has 0 saturated carbocycles. The first kappa shape index (κ1) is 10.0. The summed E-state index contributed by atoms with van der Waals surface area (Å²) in [5.41, 5.74) is 0.455. The summed E-state index contributed by atoms with van der Waals surface area (Å²) < 4.78 is 0. The van der Waals surface area contributed by atoms with Gasteiger partial charge in [-0.3, -0.25) is 0 Å². The maximum atomic E-state index is 5.46. The first-order valence-electron chi connectivity index (χ1n) is 3.77. The zero-order valence-electron chi connectivity index (χ0n) is 7.15. The van der Waals surface area contributed by atoms with Crippen LogP contribution < -0.4 is 0 Å². The summed E-state index contributed by atoms with van der Waals surface area (Å²) in [5.74, 6) is 0.643. The zero-order valence-corrected chi connectivity index (χ0v) is 7.91. The predicted molar refractivity (Wildman–Crippen MR) is 48.5 cm³/mol. The molecule has 0 nitrogen and oxygen atoms in total. The summed E-state index contributed by atoms with van der Waals surface area (Å²) in [7, 11) is 0. The highest BCUT2D eigenvalue weighted by molar-refractivity contribution is 6.18. The Morgan fingerprint density at radius 1 is 1.20 bits per heavy atom. The average Bonchev–Trinajstić information content (AvgIpc) is 1.78. The van der Waals surface area contributed by atoms with E-state index in [0.29, 0.717) is 11.3 Å². The van der Waals surface area contributed by atoms with Crippen molar-refractivity contribution >= 4 is 11.6 Å². The molecule has 0 bridgehead atoms. The van der Waals surface area contributed by atoms with Crippen molar-refractivity contribution in [1.82, 2.24) is 0 Å². The molecule has 10 heavy (non-hydrogen) atoms. The maximum absolute atomic E-state index is 5.46. The van der Waals surface area contributed by atoms with Crippen molar-refractivity contribution in [1.29, 1.82) is 0 Å². The van der Waals surface area contributed by atoms with Gasteiger partial charge in [0.2, 0.25) is 0 Å². The number of allylic oxidation sites excluding steroid dienone is 2. The van der Waals surface area contributed by atoms with Crippen molar-refractivity contribution in [2.24, 2.45) is 5.41 Å². The van der Waals surface area contributed by atoms with Crippen LogP contribution in [0.5, 0.6) is 0 Å². The summed E-state index contributed by atoms with van der Waals surface area (Å²) in [4.78, 5) is 0. The number of rotatable bonds is 3. The number of alkyl halides is 1. The van der Waals surface area contributed by atoms with Crippen molar-refractivity contribution in [2.45, 2.75) is 33.6 Å². The molecule has 0 aliphatic rings. The molecule has 0 atom stereocenters. The topological polar surface area (TPSA) is 0 Å². The van der Waals surface area contributed by atoms with Gasteiger partial charge >= 0.3 is 0 Å². The van der Waals surface area contributed by atoms with E-state index in [-0.39, 0.29) is 0 Å². The second kappa shape index (κ2) is 4.79. The van der Waals surface area contributed by atoms with Gasteiger partial charge < -0.3 is 0 Å². The van der Waals surface area contributed by atoms with Crippen LogP contribution in [0.25, 0.3) is 0 Å². The highest BCUT2D eigenvalue weighted by Crippen LogP contribution is 2.20. The van der Waals surface area contributed by atoms with Crippen molar-refractivity contribution in [3.8, 4) is 0 Å². The van der Waals surface area contributed by atoms with E-state index >= 15 is 0 Å². The first-order chi connectivity index (χ1) is 4.56. The first-order valence-corrected chi connectivity index (χ1v) is 4.31. The largest absolute Gasteiger partial charge is 0.122 e. The molecule has 0 aliphatic heterocycles. The molecule has 0 amide bonds. The second-order valence-corrected chi connectivity index (χ2v) is 4.03. The summed E-state index contributed by atoms with van der Waals surface area (Å²) in [6, 6.07) is 0. The molecule has 1 heteroatoms. The number of hydrogen-bond acceptors (Lipinski definition) is 0. The van der Waals surface area contributed by atoms with E-state index in [1.165, 1.54) is 6.42 Å². The van der Waals surface area contributed by atoms with Crippen LogP contribution in [0.15, 0.2) is 12.2 Å². The van der Waals surface area contributed by atoms with E-state index in [1.54, 1.807) is 0 Å². The molecule has 0 spiro atoms. The van der Waals surface area contributed by atoms with Crippen LogP contribution >= 0.6 is 11.6 Å². The molecule has 0 radical (unpaired) electrons. The average molecular weight is 161 g/mol. The lowest BCUT2D eigenvalue weighted by Gasteiger charge is -2.15. The molecule has 0 aliphatic carbocycles. The van der Waals surface area contributed by atoms with Crippen LogP contribution in [0.2, 0.25) is 0 Å². The zero-order chi connectivity index (χ0) is 8.04. The fraction of sp³-hybridized carbons (Fsp3) is 0.778. The third kappa shape index (κ3) is 8.03. The van der Waals surface area contributed by atoms with E-state index in [0.717, 1.165) is 6.42 Å². The van der Waals surface area contributed by atoms with E-state index < -0.39 is 0 Å². The lowest BCUT2D eigenvalue weighted by atomic mass is 9.91. The Kier molecular flexibility index (Phi) is 4.80. The fourth-order valence-corrected chi connectivity index (χ4v) is 0.823. The number of halogens is 1. The van der Waals surface area contributed by atoms with Crippen LogP contribution in [0.4, 0.5) is 0 Å². The van der Waals surface area contributed by atoms with Crippen LogP contribution in [-0.4, -0.2) is 5.88 Å². The Morgan fingerprint density at radius 3 is 2.20 bits per heavy atom. The third-order valence-electron chi connectivity index (χ3n) is 1.32. The van der Waals surface area contributed by atoms with Gasteiger partial charge in [-0.2, -0.15) is 0 Å². The Bertz CT molecular complexity index is 97.8. The lowest BCUT2D eigenvalue weighted by molar-refractivity contribution is 0.381. The monoisotopic (exact) mass is 160 g/mol. The summed E-state index contributed by atoms with van der Waals surface area (Å²) in [5, 5.41) is 0. The van der Waals surface area contributed by atoms with Gasteiger partial charge in [0, 0.05) is 5.88 Å². The fourth-order valence-electron chi connectivity index (χ4n) is 0.697. The van der Waals surface area contributed by atoms with E-state index in [4.69, 9.17) is 11.6 Å². The highest BCUT2D eigenvalue weighted by atomic mass is 35.5.